The number of rotatable bonds is 7. The predicted molar refractivity (Wildman–Crippen MR) is 616 cm³/mol. The summed E-state index contributed by atoms with van der Waals surface area (Å²) in [6.07, 6.45) is 0. The zero-order valence-corrected chi connectivity index (χ0v) is 80.8. The fraction of sp³-hybridized carbons (Fsp3) is 0.0365. The molecule has 0 spiro atoms. The van der Waals surface area contributed by atoms with Gasteiger partial charge >= 0.3 is 0 Å². The average molecular weight is 1860 g/mol. The number of hydrogen-bond acceptors (Lipinski definition) is 1. The molecule has 5 nitrogen and oxygen atoms in total. The molecular weight excluding hydrogens is 1770 g/mol. The second-order valence-electron chi connectivity index (χ2n) is 39.2. The Hall–Kier alpha value is -17.8. The van der Waals surface area contributed by atoms with Crippen molar-refractivity contribution in [2.75, 3.05) is 0 Å². The quantitative estimate of drug-likeness (QED) is 0.116. The maximum Gasteiger partial charge on any atom is 0.171 e. The Balaban J connectivity index is 0.0000000965. The molecule has 0 atom stereocenters. The molecule has 4 heterocycles. The summed E-state index contributed by atoms with van der Waals surface area (Å²) in [6, 6.07) is 176. The Morgan fingerprint density at radius 1 is 0.188 bits per heavy atom. The minimum Gasteiger partial charge on any atom is -0.309 e. The summed E-state index contributed by atoms with van der Waals surface area (Å²) in [5.41, 5.74) is 16.9. The molecule has 0 aliphatic heterocycles. The highest BCUT2D eigenvalue weighted by atomic mass is 31.2. The van der Waals surface area contributed by atoms with E-state index in [0.717, 1.165) is 43.8 Å². The first kappa shape index (κ1) is 85.4. The van der Waals surface area contributed by atoms with Crippen LogP contribution in [0.15, 0.2) is 497 Å². The van der Waals surface area contributed by atoms with E-state index >= 15 is 4.57 Å². The van der Waals surface area contributed by atoms with Crippen LogP contribution >= 0.6 is 7.14 Å². The van der Waals surface area contributed by atoms with E-state index in [1.807, 2.05) is 72.8 Å². The highest BCUT2D eigenvalue weighted by Crippen LogP contribution is 2.52. The number of para-hydroxylation sites is 4. The van der Waals surface area contributed by atoms with Crippen LogP contribution in [0.5, 0.6) is 0 Å². The SMILES string of the molecule is CC(C)(C)c1ccc(-n2c3ccccc3c3c4ccccc4c4c5ccccc5ccc4c32)cc1.Cc1ccc(-n2c3ccccc3c3c4ccccc4c4c5ccccc5ccc4c32)cc1.Fc1ccc(-n2c3ccccc3c3c4ccccc4c4c5ccccc5ccc4c32)cc1.O=P(c1ccccc1)(c1ccccc1)c1ccc(-n2c3ccccc3c3c4ccccc4c4c5ccccc5ccc4c32)cc1. The second-order valence-corrected chi connectivity index (χ2v) is 42.0. The maximum absolute atomic E-state index is 15.1. The van der Waals surface area contributed by atoms with Gasteiger partial charge in [-0.05, 0) is 223 Å². The van der Waals surface area contributed by atoms with E-state index in [1.165, 1.54) is 235 Å². The van der Waals surface area contributed by atoms with E-state index in [0.29, 0.717) is 0 Å². The maximum atomic E-state index is 15.1. The van der Waals surface area contributed by atoms with Crippen molar-refractivity contribution in [3.8, 4) is 22.7 Å². The molecule has 144 heavy (non-hydrogen) atoms. The molecule has 0 saturated carbocycles. The Morgan fingerprint density at radius 2 is 0.396 bits per heavy atom. The monoisotopic (exact) mass is 1860 g/mol. The summed E-state index contributed by atoms with van der Waals surface area (Å²) in [5.74, 6) is -0.226. The number of fused-ring (bicyclic) bond motifs is 40. The van der Waals surface area contributed by atoms with Gasteiger partial charge in [-0.2, -0.15) is 0 Å². The smallest absolute Gasteiger partial charge is 0.171 e. The summed E-state index contributed by atoms with van der Waals surface area (Å²) in [4.78, 5) is 0. The van der Waals surface area contributed by atoms with Gasteiger partial charge in [0.1, 0.15) is 5.82 Å². The zero-order valence-electron chi connectivity index (χ0n) is 79.9. The van der Waals surface area contributed by atoms with E-state index in [1.54, 1.807) is 0 Å². The molecule has 0 amide bonds. The highest BCUT2D eigenvalue weighted by molar-refractivity contribution is 7.85. The van der Waals surface area contributed by atoms with E-state index in [9.17, 15) is 4.39 Å². The first-order chi connectivity index (χ1) is 70.9. The Bertz CT molecular complexity index is 10200. The average Bonchev–Trinajstić information content (AvgIpc) is 1.53. The minimum atomic E-state index is -3.08. The van der Waals surface area contributed by atoms with Crippen molar-refractivity contribution < 1.29 is 8.96 Å². The van der Waals surface area contributed by atoms with Gasteiger partial charge in [0.15, 0.2) is 7.14 Å². The molecule has 4 aromatic heterocycles. The molecule has 0 radical (unpaired) electrons. The summed E-state index contributed by atoms with van der Waals surface area (Å²) < 4.78 is 38.5. The largest absolute Gasteiger partial charge is 0.309 e. The van der Waals surface area contributed by atoms with Crippen LogP contribution < -0.4 is 15.9 Å². The van der Waals surface area contributed by atoms with Crippen LogP contribution in [0.3, 0.4) is 0 Å². The van der Waals surface area contributed by atoms with Gasteiger partial charge < -0.3 is 22.8 Å². The molecular formula is C137H94FN4OP. The molecule has 26 aromatic carbocycles. The van der Waals surface area contributed by atoms with Crippen LogP contribution in [0.2, 0.25) is 0 Å². The third kappa shape index (κ3) is 13.5. The first-order valence-corrected chi connectivity index (χ1v) is 51.4. The molecule has 0 bridgehead atoms. The van der Waals surface area contributed by atoms with Crippen LogP contribution in [-0.4, -0.2) is 18.3 Å². The van der Waals surface area contributed by atoms with Crippen molar-refractivity contribution in [1.29, 1.82) is 0 Å². The number of benzene rings is 26. The Kier molecular flexibility index (Phi) is 20.2. The van der Waals surface area contributed by atoms with Gasteiger partial charge in [0, 0.05) is 103 Å². The molecule has 30 aromatic rings. The van der Waals surface area contributed by atoms with E-state index in [2.05, 4.69) is 458 Å². The minimum absolute atomic E-state index is 0.126. The van der Waals surface area contributed by atoms with Gasteiger partial charge in [0.2, 0.25) is 0 Å². The molecule has 0 N–H and O–H groups in total. The lowest BCUT2D eigenvalue weighted by Gasteiger charge is -2.20. The topological polar surface area (TPSA) is 36.8 Å². The molecule has 0 aliphatic rings. The Morgan fingerprint density at radius 3 is 0.667 bits per heavy atom. The van der Waals surface area contributed by atoms with Crippen LogP contribution in [0, 0.1) is 12.7 Å². The Labute approximate surface area is 831 Å². The van der Waals surface area contributed by atoms with Crippen LogP contribution in [0.1, 0.15) is 31.9 Å². The molecule has 0 saturated heterocycles. The van der Waals surface area contributed by atoms with Gasteiger partial charge in [-0.3, -0.25) is 0 Å². The van der Waals surface area contributed by atoms with Crippen LogP contribution in [0.4, 0.5) is 4.39 Å². The van der Waals surface area contributed by atoms with E-state index in [-0.39, 0.29) is 11.2 Å². The second kappa shape index (κ2) is 34.0. The molecule has 30 rings (SSSR count). The van der Waals surface area contributed by atoms with E-state index < -0.39 is 7.14 Å². The fourth-order valence-corrected chi connectivity index (χ4v) is 26.4. The van der Waals surface area contributed by atoms with Crippen LogP contribution in [-0.2, 0) is 9.98 Å². The first-order valence-electron chi connectivity index (χ1n) is 49.7. The molecule has 0 unspecified atom stereocenters. The van der Waals surface area contributed by atoms with Gasteiger partial charge in [-0.15, -0.1) is 0 Å². The molecule has 0 aliphatic carbocycles. The lowest BCUT2D eigenvalue weighted by molar-refractivity contribution is 0.590. The lowest BCUT2D eigenvalue weighted by Crippen LogP contribution is -2.24. The summed E-state index contributed by atoms with van der Waals surface area (Å²) in [5, 5.41) is 43.4. The lowest BCUT2D eigenvalue weighted by atomic mass is 9.87. The van der Waals surface area contributed by atoms with Gasteiger partial charge in [-0.25, -0.2) is 4.39 Å². The molecule has 7 heteroatoms. The third-order valence-corrected chi connectivity index (χ3v) is 33.3. The summed E-state index contributed by atoms with van der Waals surface area (Å²) >= 11 is 0. The molecule has 0 fully saturated rings. The number of hydrogen-bond donors (Lipinski definition) is 0. The van der Waals surface area contributed by atoms with Crippen molar-refractivity contribution in [3.63, 3.8) is 0 Å². The third-order valence-electron chi connectivity index (χ3n) is 30.2. The van der Waals surface area contributed by atoms with E-state index in [4.69, 9.17) is 0 Å². The summed E-state index contributed by atoms with van der Waals surface area (Å²) in [7, 11) is -3.08. The number of halogens is 1. The van der Waals surface area contributed by atoms with Gasteiger partial charge in [0.05, 0.1) is 44.1 Å². The van der Waals surface area contributed by atoms with Crippen molar-refractivity contribution in [2.24, 2.45) is 0 Å². The zero-order chi connectivity index (χ0) is 96.2. The predicted octanol–water partition coefficient (Wildman–Crippen LogP) is 36.4. The number of nitrogens with zero attached hydrogens (tertiary/aromatic N) is 4. The standard InChI is InChI=1S/C42H28NOP.C34H27N.C31H21N.C30H18FN/c44-45(31-14-3-1-4-15-31,32-16-5-2-6-17-32)33-26-24-30(25-27-33)43-39-22-12-11-21-37(39)41-36-20-10-9-19-35(36)40-34-18-8-7-13-29(34)23-28-38(40)42(41)43;1-34(2,3)23-17-19-24(20-18-23)35-30-15-9-8-14-28(30)32-27-13-7-6-12-26(27)31-25-11-5-4-10-22(25)16-21-29(31)33(32)35;1-20-14-17-22(18-15-20)32-28-13-7-6-12-26(28)30-25-11-5-4-10-24(25)29-23-9-3-2-8-21(23)16-19-27(29)31(30)32;31-20-14-16-21(17-15-20)32-27-12-6-5-11-25(27)29-24-10-4-3-9-23(24)28-22-8-2-1-7-19(22)13-18-26(28)30(29)32/h1-28H;4-21H,1-3H3;2-19H,1H3;1-18H. The fourth-order valence-electron chi connectivity index (χ4n) is 23.8. The van der Waals surface area contributed by atoms with Crippen molar-refractivity contribution in [1.82, 2.24) is 18.3 Å². The summed E-state index contributed by atoms with van der Waals surface area (Å²) in [6.45, 7) is 8.96. The number of aryl methyl sites for hydroxylation is 1. The van der Waals surface area contributed by atoms with Crippen molar-refractivity contribution >= 4 is 240 Å². The highest BCUT2D eigenvalue weighted by Gasteiger charge is 2.32. The normalized spacial score (nSPS) is 12.1. The number of aromatic nitrogens is 4. The van der Waals surface area contributed by atoms with Crippen LogP contribution in [0.25, 0.3) is 239 Å². The van der Waals surface area contributed by atoms with Crippen molar-refractivity contribution in [3.05, 3.63) is 514 Å². The van der Waals surface area contributed by atoms with Gasteiger partial charge in [0.25, 0.3) is 0 Å². The molecule has 680 valence electrons. The van der Waals surface area contributed by atoms with Gasteiger partial charge in [-0.1, -0.05) is 427 Å². The van der Waals surface area contributed by atoms with Crippen molar-refractivity contribution in [2.45, 2.75) is 33.1 Å².